The molecule has 2 aliphatic carbocycles. The van der Waals surface area contributed by atoms with Gasteiger partial charge in [-0.05, 0) is 62.8 Å². The number of hydrogen-bond acceptors (Lipinski definition) is 4. The summed E-state index contributed by atoms with van der Waals surface area (Å²) in [5.41, 5.74) is 0.771. The molecule has 1 aromatic carbocycles. The summed E-state index contributed by atoms with van der Waals surface area (Å²) in [5, 5.41) is 3.38. The van der Waals surface area contributed by atoms with Crippen molar-refractivity contribution in [2.45, 2.75) is 69.8 Å². The van der Waals surface area contributed by atoms with Crippen LogP contribution in [0.3, 0.4) is 0 Å². The van der Waals surface area contributed by atoms with Gasteiger partial charge in [0.1, 0.15) is 5.75 Å². The first-order valence-electron chi connectivity index (χ1n) is 11.5. The lowest BCUT2D eigenvalue weighted by Gasteiger charge is -2.40. The minimum absolute atomic E-state index is 0.0960. The second-order valence-corrected chi connectivity index (χ2v) is 9.06. The summed E-state index contributed by atoms with van der Waals surface area (Å²) in [6.45, 7) is 3.70. The third-order valence-electron chi connectivity index (χ3n) is 7.00. The molecule has 31 heavy (non-hydrogen) atoms. The molecule has 1 aliphatic heterocycles. The number of piperazine rings is 1. The molecule has 0 spiro atoms. The highest BCUT2D eigenvalue weighted by atomic mass is 19.4. The van der Waals surface area contributed by atoms with Crippen molar-refractivity contribution in [2.75, 3.05) is 31.5 Å². The molecule has 0 aromatic heterocycles. The second-order valence-electron chi connectivity index (χ2n) is 9.06. The van der Waals surface area contributed by atoms with E-state index < -0.39 is 6.36 Å². The Morgan fingerprint density at radius 3 is 2.10 bits per heavy atom. The predicted molar refractivity (Wildman–Crippen MR) is 113 cm³/mol. The van der Waals surface area contributed by atoms with Crippen molar-refractivity contribution in [1.82, 2.24) is 9.80 Å². The number of carbonyl (C=O) groups excluding carboxylic acids is 1. The number of amides is 1. The number of ether oxygens (including phenoxy) is 1. The Balaban J connectivity index is 1.19. The highest BCUT2D eigenvalue weighted by Gasteiger charge is 2.33. The molecular formula is C23H32F3N3O2. The van der Waals surface area contributed by atoms with Gasteiger partial charge in [0.15, 0.2) is 0 Å². The van der Waals surface area contributed by atoms with E-state index in [2.05, 4.69) is 19.9 Å². The van der Waals surface area contributed by atoms with E-state index in [1.165, 1.54) is 37.8 Å². The summed E-state index contributed by atoms with van der Waals surface area (Å²) in [4.78, 5) is 17.6. The number of nitrogens with one attached hydrogen (secondary N) is 1. The third kappa shape index (κ3) is 6.05. The summed E-state index contributed by atoms with van der Waals surface area (Å²) in [7, 11) is 0. The fourth-order valence-electron chi connectivity index (χ4n) is 5.31. The van der Waals surface area contributed by atoms with Gasteiger partial charge >= 0.3 is 6.36 Å². The topological polar surface area (TPSA) is 44.8 Å². The number of anilines is 1. The smallest absolute Gasteiger partial charge is 0.406 e. The van der Waals surface area contributed by atoms with E-state index in [4.69, 9.17) is 0 Å². The first kappa shape index (κ1) is 22.2. The van der Waals surface area contributed by atoms with E-state index in [9.17, 15) is 18.0 Å². The van der Waals surface area contributed by atoms with Crippen molar-refractivity contribution in [3.63, 3.8) is 0 Å². The molecule has 1 N–H and O–H groups in total. The van der Waals surface area contributed by atoms with Gasteiger partial charge in [0.2, 0.25) is 5.91 Å². The molecule has 1 heterocycles. The van der Waals surface area contributed by atoms with Crippen LogP contribution < -0.4 is 10.1 Å². The lowest BCUT2D eigenvalue weighted by atomic mass is 9.85. The number of halogens is 3. The van der Waals surface area contributed by atoms with Gasteiger partial charge in [-0.3, -0.25) is 9.69 Å². The van der Waals surface area contributed by atoms with Crippen LogP contribution in [-0.4, -0.2) is 60.3 Å². The SMILES string of the molecule is O=C(C1CCC(Nc2ccc(OC(F)(F)F)cc2)CC1)N1CCN(C2CCCC2)CC1. The van der Waals surface area contributed by atoms with Crippen molar-refractivity contribution in [3.05, 3.63) is 24.3 Å². The van der Waals surface area contributed by atoms with Crippen molar-refractivity contribution in [1.29, 1.82) is 0 Å². The first-order chi connectivity index (χ1) is 14.9. The Bertz CT molecular complexity index is 719. The van der Waals surface area contributed by atoms with E-state index in [1.807, 2.05) is 0 Å². The summed E-state index contributed by atoms with van der Waals surface area (Å²) in [6.07, 6.45) is 4.11. The Labute approximate surface area is 181 Å². The molecule has 2 saturated carbocycles. The highest BCUT2D eigenvalue weighted by molar-refractivity contribution is 5.79. The van der Waals surface area contributed by atoms with Gasteiger partial charge in [0, 0.05) is 49.9 Å². The van der Waals surface area contributed by atoms with Gasteiger partial charge in [-0.2, -0.15) is 0 Å². The fourth-order valence-corrected chi connectivity index (χ4v) is 5.31. The molecular weight excluding hydrogens is 407 g/mol. The average molecular weight is 440 g/mol. The number of hydrogen-bond donors (Lipinski definition) is 1. The van der Waals surface area contributed by atoms with Crippen LogP contribution in [0.2, 0.25) is 0 Å². The van der Waals surface area contributed by atoms with Gasteiger partial charge in [0.05, 0.1) is 0 Å². The van der Waals surface area contributed by atoms with Crippen molar-refractivity contribution < 1.29 is 22.7 Å². The average Bonchev–Trinajstić information content (AvgIpc) is 3.29. The standard InChI is InChI=1S/C23H32F3N3O2/c24-23(25,26)31-21-11-9-19(10-12-21)27-18-7-5-17(6-8-18)22(30)29-15-13-28(14-16-29)20-3-1-2-4-20/h9-12,17-18,20,27H,1-8,13-16H2. The van der Waals surface area contributed by atoms with Crippen LogP contribution in [0.15, 0.2) is 24.3 Å². The van der Waals surface area contributed by atoms with Gasteiger partial charge in [-0.15, -0.1) is 13.2 Å². The molecule has 0 bridgehead atoms. The number of benzene rings is 1. The van der Waals surface area contributed by atoms with Crippen LogP contribution >= 0.6 is 0 Å². The fraction of sp³-hybridized carbons (Fsp3) is 0.696. The summed E-state index contributed by atoms with van der Waals surface area (Å²) in [5.74, 6) is 0.178. The first-order valence-corrected chi connectivity index (χ1v) is 11.5. The second kappa shape index (κ2) is 9.67. The van der Waals surface area contributed by atoms with Gasteiger partial charge in [-0.25, -0.2) is 0 Å². The molecule has 4 rings (SSSR count). The maximum atomic E-state index is 13.0. The quantitative estimate of drug-likeness (QED) is 0.726. The van der Waals surface area contributed by atoms with Gasteiger partial charge < -0.3 is 15.0 Å². The normalized spacial score (nSPS) is 26.1. The van der Waals surface area contributed by atoms with Crippen molar-refractivity contribution >= 4 is 11.6 Å². The van der Waals surface area contributed by atoms with E-state index in [1.54, 1.807) is 12.1 Å². The van der Waals surface area contributed by atoms with Crippen LogP contribution in [-0.2, 0) is 4.79 Å². The molecule has 1 aromatic rings. The predicted octanol–water partition coefficient (Wildman–Crippen LogP) is 4.64. The third-order valence-corrected chi connectivity index (χ3v) is 7.00. The Morgan fingerprint density at radius 2 is 1.52 bits per heavy atom. The molecule has 1 amide bonds. The van der Waals surface area contributed by atoms with E-state index in [0.29, 0.717) is 5.91 Å². The Kier molecular flexibility index (Phi) is 6.94. The summed E-state index contributed by atoms with van der Waals surface area (Å²) in [6, 6.07) is 6.79. The van der Waals surface area contributed by atoms with Crippen molar-refractivity contribution in [3.8, 4) is 5.75 Å². The number of rotatable bonds is 5. The van der Waals surface area contributed by atoms with Crippen LogP contribution in [0.25, 0.3) is 0 Å². The van der Waals surface area contributed by atoms with Crippen LogP contribution in [0.1, 0.15) is 51.4 Å². The molecule has 0 unspecified atom stereocenters. The molecule has 8 heteroatoms. The molecule has 3 fully saturated rings. The molecule has 5 nitrogen and oxygen atoms in total. The molecule has 0 atom stereocenters. The molecule has 172 valence electrons. The molecule has 1 saturated heterocycles. The largest absolute Gasteiger partial charge is 0.573 e. The van der Waals surface area contributed by atoms with Gasteiger partial charge in [-0.1, -0.05) is 12.8 Å². The van der Waals surface area contributed by atoms with Crippen molar-refractivity contribution in [2.24, 2.45) is 5.92 Å². The zero-order valence-corrected chi connectivity index (χ0v) is 17.9. The van der Waals surface area contributed by atoms with Crippen LogP contribution in [0.4, 0.5) is 18.9 Å². The molecule has 3 aliphatic rings. The van der Waals surface area contributed by atoms with E-state index in [-0.39, 0.29) is 17.7 Å². The van der Waals surface area contributed by atoms with Crippen LogP contribution in [0.5, 0.6) is 5.75 Å². The maximum absolute atomic E-state index is 13.0. The highest BCUT2D eigenvalue weighted by Crippen LogP contribution is 2.30. The number of alkyl halides is 3. The van der Waals surface area contributed by atoms with E-state index >= 15 is 0 Å². The Morgan fingerprint density at radius 1 is 0.903 bits per heavy atom. The number of carbonyl (C=O) groups is 1. The van der Waals surface area contributed by atoms with Crippen LogP contribution in [0, 0.1) is 5.92 Å². The Hall–Kier alpha value is -1.96. The lowest BCUT2D eigenvalue weighted by Crippen LogP contribution is -2.53. The maximum Gasteiger partial charge on any atom is 0.573 e. The number of nitrogens with zero attached hydrogens (tertiary/aromatic N) is 2. The minimum atomic E-state index is -4.68. The van der Waals surface area contributed by atoms with Gasteiger partial charge in [0.25, 0.3) is 0 Å². The summed E-state index contributed by atoms with van der Waals surface area (Å²) >= 11 is 0. The zero-order valence-electron chi connectivity index (χ0n) is 17.9. The van der Waals surface area contributed by atoms with E-state index in [0.717, 1.165) is 63.6 Å². The summed E-state index contributed by atoms with van der Waals surface area (Å²) < 4.78 is 40.7. The molecule has 0 radical (unpaired) electrons. The monoisotopic (exact) mass is 439 g/mol. The lowest BCUT2D eigenvalue weighted by molar-refractivity contribution is -0.274. The minimum Gasteiger partial charge on any atom is -0.406 e. The zero-order chi connectivity index (χ0) is 21.8.